The highest BCUT2D eigenvalue weighted by atomic mass is 16.6. The molecule has 2 aliphatic heterocycles. The van der Waals surface area contributed by atoms with Crippen molar-refractivity contribution in [3.63, 3.8) is 0 Å². The van der Waals surface area contributed by atoms with Crippen LogP contribution in [0.5, 0.6) is 0 Å². The molecule has 0 aliphatic carbocycles. The van der Waals surface area contributed by atoms with Gasteiger partial charge in [0.15, 0.2) is 0 Å². The van der Waals surface area contributed by atoms with Gasteiger partial charge in [-0.05, 0) is 25.3 Å². The first kappa shape index (κ1) is 14.9. The lowest BCUT2D eigenvalue weighted by Gasteiger charge is -2.25. The van der Waals surface area contributed by atoms with Crippen molar-refractivity contribution < 1.29 is 14.2 Å². The molecule has 3 heteroatoms. The fourth-order valence-corrected chi connectivity index (χ4v) is 3.22. The maximum absolute atomic E-state index is 6.09. The maximum Gasteiger partial charge on any atom is 0.0925 e. The molecule has 2 fully saturated rings. The van der Waals surface area contributed by atoms with Crippen LogP contribution in [-0.4, -0.2) is 32.0 Å². The second-order valence-electron chi connectivity index (χ2n) is 5.68. The Hall–Kier alpha value is -0.540. The molecule has 2 saturated heterocycles. The van der Waals surface area contributed by atoms with Crippen molar-refractivity contribution in [2.24, 2.45) is 5.92 Å². The Morgan fingerprint density at radius 3 is 2.68 bits per heavy atom. The predicted octanol–water partition coefficient (Wildman–Crippen LogP) is 3.68. The standard InChI is InChI=1S/C16H28O3/c1-3-4-5-6-7-11-18-16-13(10-12-17-2)14-8-9-15(16)19-14/h10,12-16H,3-9,11H2,1-2H3/t13-,14+,15-,16+/m1/s1. The zero-order chi connectivity index (χ0) is 13.5. The Morgan fingerprint density at radius 1 is 1.11 bits per heavy atom. The topological polar surface area (TPSA) is 27.7 Å². The Bertz CT molecular complexity index is 277. The van der Waals surface area contributed by atoms with Gasteiger partial charge in [-0.2, -0.15) is 0 Å². The van der Waals surface area contributed by atoms with Gasteiger partial charge in [0.25, 0.3) is 0 Å². The molecule has 0 N–H and O–H groups in total. The van der Waals surface area contributed by atoms with Crippen molar-refractivity contribution >= 4 is 0 Å². The van der Waals surface area contributed by atoms with Crippen LogP contribution in [0.1, 0.15) is 51.9 Å². The van der Waals surface area contributed by atoms with Gasteiger partial charge in [-0.1, -0.05) is 32.6 Å². The molecule has 2 heterocycles. The average Bonchev–Trinajstić information content (AvgIpc) is 3.01. The highest BCUT2D eigenvalue weighted by Gasteiger charge is 2.48. The molecule has 4 atom stereocenters. The summed E-state index contributed by atoms with van der Waals surface area (Å²) in [6, 6.07) is 0. The average molecular weight is 268 g/mol. The molecule has 110 valence electrons. The van der Waals surface area contributed by atoms with Crippen molar-refractivity contribution in [1.82, 2.24) is 0 Å². The Kier molecular flexibility index (Phi) is 6.18. The fraction of sp³-hybridized carbons (Fsp3) is 0.875. The Morgan fingerprint density at radius 2 is 1.89 bits per heavy atom. The van der Waals surface area contributed by atoms with Crippen molar-refractivity contribution in [2.45, 2.75) is 70.2 Å². The van der Waals surface area contributed by atoms with Crippen LogP contribution in [0.2, 0.25) is 0 Å². The SMILES string of the molecule is CCCCCCCO[C@H]1[C@H](C=COC)[C@@H]2CC[C@H]1O2. The molecule has 2 rings (SSSR count). The number of ether oxygens (including phenoxy) is 3. The Balaban J connectivity index is 1.70. The van der Waals surface area contributed by atoms with E-state index in [1.54, 1.807) is 13.4 Å². The first-order chi connectivity index (χ1) is 9.36. The van der Waals surface area contributed by atoms with E-state index in [-0.39, 0.29) is 6.10 Å². The molecular formula is C16H28O3. The number of unbranched alkanes of at least 4 members (excludes halogenated alkanes) is 4. The van der Waals surface area contributed by atoms with Crippen LogP contribution in [0.15, 0.2) is 12.3 Å². The second-order valence-corrected chi connectivity index (χ2v) is 5.68. The monoisotopic (exact) mass is 268 g/mol. The van der Waals surface area contributed by atoms with Gasteiger partial charge in [0.05, 0.1) is 31.7 Å². The zero-order valence-corrected chi connectivity index (χ0v) is 12.3. The molecule has 2 bridgehead atoms. The lowest BCUT2D eigenvalue weighted by atomic mass is 9.86. The van der Waals surface area contributed by atoms with Gasteiger partial charge in [0, 0.05) is 12.5 Å². The maximum atomic E-state index is 6.09. The van der Waals surface area contributed by atoms with E-state index in [2.05, 4.69) is 13.0 Å². The van der Waals surface area contributed by atoms with Gasteiger partial charge in [-0.3, -0.25) is 0 Å². The first-order valence-electron chi connectivity index (χ1n) is 7.83. The molecule has 0 aromatic carbocycles. The second kappa shape index (κ2) is 7.91. The van der Waals surface area contributed by atoms with Gasteiger partial charge >= 0.3 is 0 Å². The van der Waals surface area contributed by atoms with Crippen molar-refractivity contribution in [3.8, 4) is 0 Å². The van der Waals surface area contributed by atoms with Crippen LogP contribution in [-0.2, 0) is 14.2 Å². The van der Waals surface area contributed by atoms with Crippen LogP contribution in [0.4, 0.5) is 0 Å². The highest BCUT2D eigenvalue weighted by Crippen LogP contribution is 2.41. The highest BCUT2D eigenvalue weighted by molar-refractivity contribution is 5.05. The molecule has 0 aromatic rings. The van der Waals surface area contributed by atoms with E-state index in [1.165, 1.54) is 38.5 Å². The van der Waals surface area contributed by atoms with Gasteiger partial charge in [-0.25, -0.2) is 0 Å². The molecule has 19 heavy (non-hydrogen) atoms. The van der Waals surface area contributed by atoms with Crippen LogP contribution < -0.4 is 0 Å². The number of rotatable bonds is 9. The van der Waals surface area contributed by atoms with E-state index < -0.39 is 0 Å². The molecule has 0 amide bonds. The number of fused-ring (bicyclic) bond motifs is 2. The first-order valence-corrected chi connectivity index (χ1v) is 7.83. The summed E-state index contributed by atoms with van der Waals surface area (Å²) in [5.41, 5.74) is 0. The van der Waals surface area contributed by atoms with Crippen molar-refractivity contribution in [3.05, 3.63) is 12.3 Å². The van der Waals surface area contributed by atoms with Gasteiger partial charge in [-0.15, -0.1) is 0 Å². The van der Waals surface area contributed by atoms with Crippen LogP contribution in [0, 0.1) is 5.92 Å². The lowest BCUT2D eigenvalue weighted by Crippen LogP contribution is -2.33. The summed E-state index contributed by atoms with van der Waals surface area (Å²) in [6.07, 6.45) is 13.6. The quantitative estimate of drug-likeness (QED) is 0.471. The molecule has 3 nitrogen and oxygen atoms in total. The molecule has 0 spiro atoms. The summed E-state index contributed by atoms with van der Waals surface area (Å²) in [6.45, 7) is 3.12. The van der Waals surface area contributed by atoms with E-state index in [1.807, 2.05) is 0 Å². The van der Waals surface area contributed by atoms with Gasteiger partial charge < -0.3 is 14.2 Å². The minimum atomic E-state index is 0.247. The third-order valence-corrected chi connectivity index (χ3v) is 4.26. The van der Waals surface area contributed by atoms with E-state index in [0.29, 0.717) is 18.1 Å². The lowest BCUT2D eigenvalue weighted by molar-refractivity contribution is -0.00966. The summed E-state index contributed by atoms with van der Waals surface area (Å²) in [5.74, 6) is 0.384. The van der Waals surface area contributed by atoms with E-state index in [0.717, 1.165) is 13.0 Å². The number of hydrogen-bond acceptors (Lipinski definition) is 3. The summed E-state index contributed by atoms with van der Waals surface area (Å²) in [5, 5.41) is 0. The minimum Gasteiger partial charge on any atom is -0.505 e. The Labute approximate surface area is 117 Å². The molecule has 0 saturated carbocycles. The van der Waals surface area contributed by atoms with Crippen LogP contribution in [0.3, 0.4) is 0 Å². The number of hydrogen-bond donors (Lipinski definition) is 0. The molecule has 0 unspecified atom stereocenters. The van der Waals surface area contributed by atoms with Crippen molar-refractivity contribution in [2.75, 3.05) is 13.7 Å². The van der Waals surface area contributed by atoms with Gasteiger partial charge in [0.2, 0.25) is 0 Å². The summed E-state index contributed by atoms with van der Waals surface area (Å²) >= 11 is 0. The van der Waals surface area contributed by atoms with Crippen LogP contribution in [0.25, 0.3) is 0 Å². The number of methoxy groups -OCH3 is 1. The molecule has 2 aliphatic rings. The third kappa shape index (κ3) is 3.96. The smallest absolute Gasteiger partial charge is 0.0925 e. The van der Waals surface area contributed by atoms with E-state index in [4.69, 9.17) is 14.2 Å². The van der Waals surface area contributed by atoms with Crippen molar-refractivity contribution in [1.29, 1.82) is 0 Å². The molecule has 0 radical (unpaired) electrons. The third-order valence-electron chi connectivity index (χ3n) is 4.26. The minimum absolute atomic E-state index is 0.247. The zero-order valence-electron chi connectivity index (χ0n) is 12.3. The van der Waals surface area contributed by atoms with E-state index >= 15 is 0 Å². The summed E-state index contributed by atoms with van der Waals surface area (Å²) in [7, 11) is 1.69. The largest absolute Gasteiger partial charge is 0.505 e. The van der Waals surface area contributed by atoms with E-state index in [9.17, 15) is 0 Å². The van der Waals surface area contributed by atoms with Crippen LogP contribution >= 0.6 is 0 Å². The fourth-order valence-electron chi connectivity index (χ4n) is 3.22. The van der Waals surface area contributed by atoms with Gasteiger partial charge in [0.1, 0.15) is 0 Å². The summed E-state index contributed by atoms with van der Waals surface area (Å²) < 4.78 is 17.1. The normalized spacial score (nSPS) is 33.4. The summed E-state index contributed by atoms with van der Waals surface area (Å²) in [4.78, 5) is 0. The molecular weight excluding hydrogens is 240 g/mol. The predicted molar refractivity (Wildman–Crippen MR) is 76.0 cm³/mol. The molecule has 0 aromatic heterocycles.